The third-order valence-corrected chi connectivity index (χ3v) is 3.79. The lowest BCUT2D eigenvalue weighted by molar-refractivity contribution is 0.0950. The summed E-state index contributed by atoms with van der Waals surface area (Å²) >= 11 is 0. The Labute approximate surface area is 146 Å². The van der Waals surface area contributed by atoms with E-state index in [-0.39, 0.29) is 5.91 Å². The Hall–Kier alpha value is -3.28. The van der Waals surface area contributed by atoms with Crippen LogP contribution >= 0.6 is 0 Å². The molecule has 0 saturated heterocycles. The number of aromatic nitrogens is 3. The van der Waals surface area contributed by atoms with Crippen LogP contribution in [0, 0.1) is 6.92 Å². The quantitative estimate of drug-likeness (QED) is 0.725. The van der Waals surface area contributed by atoms with E-state index in [0.29, 0.717) is 24.6 Å². The Balaban J connectivity index is 1.54. The van der Waals surface area contributed by atoms with Crippen molar-refractivity contribution in [2.75, 3.05) is 5.32 Å². The molecular formula is C19H19N5O. The largest absolute Gasteiger partial charge is 0.350 e. The fraction of sp³-hybridized carbons (Fsp3) is 0.158. The highest BCUT2D eigenvalue weighted by Crippen LogP contribution is 2.09. The first-order chi connectivity index (χ1) is 12.2. The molecule has 1 aromatic carbocycles. The van der Waals surface area contributed by atoms with Crippen molar-refractivity contribution >= 4 is 11.9 Å². The van der Waals surface area contributed by atoms with Crippen LogP contribution in [0.2, 0.25) is 0 Å². The molecule has 0 unspecified atom stereocenters. The second-order valence-electron chi connectivity index (χ2n) is 5.62. The molecule has 0 aliphatic carbocycles. The molecule has 0 atom stereocenters. The van der Waals surface area contributed by atoms with Gasteiger partial charge >= 0.3 is 0 Å². The standard InChI is InChI=1S/C19H19N5O/c1-14-5-2-3-7-16(14)11-22-19-23-12-17(13-24-19)18(25)21-10-15-6-4-8-20-9-15/h2-9,12-13H,10-11H2,1H3,(H,21,25)(H,22,23,24). The van der Waals surface area contributed by atoms with Gasteiger partial charge in [0.2, 0.25) is 5.95 Å². The number of hydrogen-bond acceptors (Lipinski definition) is 5. The van der Waals surface area contributed by atoms with Crippen molar-refractivity contribution < 1.29 is 4.79 Å². The van der Waals surface area contributed by atoms with Gasteiger partial charge in [-0.05, 0) is 29.7 Å². The Morgan fingerprint density at radius 1 is 1.00 bits per heavy atom. The molecule has 0 aliphatic rings. The van der Waals surface area contributed by atoms with Crippen molar-refractivity contribution in [3.8, 4) is 0 Å². The lowest BCUT2D eigenvalue weighted by atomic mass is 10.1. The lowest BCUT2D eigenvalue weighted by Crippen LogP contribution is -2.23. The van der Waals surface area contributed by atoms with Crippen LogP contribution in [0.15, 0.2) is 61.2 Å². The molecule has 0 saturated carbocycles. The van der Waals surface area contributed by atoms with Crippen LogP contribution in [0.5, 0.6) is 0 Å². The summed E-state index contributed by atoms with van der Waals surface area (Å²) in [6.45, 7) is 3.12. The summed E-state index contributed by atoms with van der Waals surface area (Å²) < 4.78 is 0. The SMILES string of the molecule is Cc1ccccc1CNc1ncc(C(=O)NCc2cccnc2)cn1. The summed E-state index contributed by atoms with van der Waals surface area (Å²) in [5.41, 5.74) is 3.75. The molecule has 0 spiro atoms. The molecule has 6 heteroatoms. The van der Waals surface area contributed by atoms with Crippen molar-refractivity contribution in [2.24, 2.45) is 0 Å². The van der Waals surface area contributed by atoms with Gasteiger partial charge < -0.3 is 10.6 Å². The summed E-state index contributed by atoms with van der Waals surface area (Å²) in [7, 11) is 0. The van der Waals surface area contributed by atoms with E-state index < -0.39 is 0 Å². The maximum Gasteiger partial charge on any atom is 0.254 e. The molecule has 3 rings (SSSR count). The highest BCUT2D eigenvalue weighted by molar-refractivity contribution is 5.93. The van der Waals surface area contributed by atoms with Crippen LogP contribution in [0.3, 0.4) is 0 Å². The van der Waals surface area contributed by atoms with E-state index in [1.165, 1.54) is 23.5 Å². The number of rotatable bonds is 6. The number of aryl methyl sites for hydroxylation is 1. The normalized spacial score (nSPS) is 10.3. The zero-order valence-electron chi connectivity index (χ0n) is 13.9. The van der Waals surface area contributed by atoms with E-state index in [2.05, 4.69) is 44.6 Å². The number of benzene rings is 1. The van der Waals surface area contributed by atoms with Gasteiger partial charge in [0.1, 0.15) is 0 Å². The van der Waals surface area contributed by atoms with Crippen molar-refractivity contribution in [3.63, 3.8) is 0 Å². The molecule has 0 fully saturated rings. The summed E-state index contributed by atoms with van der Waals surface area (Å²) in [6.07, 6.45) is 6.45. The van der Waals surface area contributed by atoms with E-state index in [9.17, 15) is 4.79 Å². The lowest BCUT2D eigenvalue weighted by Gasteiger charge is -2.08. The predicted molar refractivity (Wildman–Crippen MR) is 95.9 cm³/mol. The first-order valence-electron chi connectivity index (χ1n) is 8.00. The van der Waals surface area contributed by atoms with Crippen LogP contribution in [0.4, 0.5) is 5.95 Å². The number of nitrogens with zero attached hydrogens (tertiary/aromatic N) is 3. The molecule has 1 amide bonds. The highest BCUT2D eigenvalue weighted by Gasteiger charge is 2.07. The molecule has 2 heterocycles. The second-order valence-corrected chi connectivity index (χ2v) is 5.62. The first-order valence-corrected chi connectivity index (χ1v) is 8.00. The van der Waals surface area contributed by atoms with Crippen molar-refractivity contribution in [1.82, 2.24) is 20.3 Å². The van der Waals surface area contributed by atoms with E-state index in [1.54, 1.807) is 12.4 Å². The number of hydrogen-bond donors (Lipinski definition) is 2. The van der Waals surface area contributed by atoms with Crippen LogP contribution in [-0.2, 0) is 13.1 Å². The van der Waals surface area contributed by atoms with E-state index >= 15 is 0 Å². The molecule has 0 aliphatic heterocycles. The Kier molecular flexibility index (Phi) is 5.31. The zero-order chi connectivity index (χ0) is 17.5. The minimum atomic E-state index is -0.214. The van der Waals surface area contributed by atoms with E-state index in [0.717, 1.165) is 5.56 Å². The Bertz CT molecular complexity index is 834. The molecular weight excluding hydrogens is 314 g/mol. The number of carbonyl (C=O) groups excluding carboxylic acids is 1. The fourth-order valence-electron chi connectivity index (χ4n) is 2.31. The van der Waals surface area contributed by atoms with Crippen molar-refractivity contribution in [2.45, 2.75) is 20.0 Å². The molecule has 126 valence electrons. The zero-order valence-corrected chi connectivity index (χ0v) is 13.9. The monoisotopic (exact) mass is 333 g/mol. The van der Waals surface area contributed by atoms with Gasteiger partial charge in [0, 0.05) is 37.9 Å². The molecule has 0 radical (unpaired) electrons. The maximum absolute atomic E-state index is 12.1. The van der Waals surface area contributed by atoms with Crippen molar-refractivity contribution in [1.29, 1.82) is 0 Å². The molecule has 25 heavy (non-hydrogen) atoms. The topological polar surface area (TPSA) is 79.8 Å². The summed E-state index contributed by atoms with van der Waals surface area (Å²) in [6, 6.07) is 11.9. The smallest absolute Gasteiger partial charge is 0.254 e. The average molecular weight is 333 g/mol. The number of pyridine rings is 1. The van der Waals surface area contributed by atoms with Gasteiger partial charge in [-0.25, -0.2) is 9.97 Å². The maximum atomic E-state index is 12.1. The van der Waals surface area contributed by atoms with Crippen LogP contribution in [0.25, 0.3) is 0 Å². The fourth-order valence-corrected chi connectivity index (χ4v) is 2.31. The minimum Gasteiger partial charge on any atom is -0.350 e. The van der Waals surface area contributed by atoms with Gasteiger partial charge in [0.05, 0.1) is 5.56 Å². The number of nitrogens with one attached hydrogen (secondary N) is 2. The second kappa shape index (κ2) is 8.01. The molecule has 0 bridgehead atoms. The van der Waals surface area contributed by atoms with Gasteiger partial charge in [-0.3, -0.25) is 9.78 Å². The van der Waals surface area contributed by atoms with Gasteiger partial charge in [0.25, 0.3) is 5.91 Å². The van der Waals surface area contributed by atoms with E-state index in [1.807, 2.05) is 24.3 Å². The summed E-state index contributed by atoms with van der Waals surface area (Å²) in [5, 5.41) is 5.98. The van der Waals surface area contributed by atoms with Crippen LogP contribution < -0.4 is 10.6 Å². The van der Waals surface area contributed by atoms with Gasteiger partial charge in [-0.15, -0.1) is 0 Å². The first kappa shape index (κ1) is 16.6. The third kappa shape index (κ3) is 4.60. The van der Waals surface area contributed by atoms with Gasteiger partial charge in [-0.2, -0.15) is 0 Å². The highest BCUT2D eigenvalue weighted by atomic mass is 16.1. The van der Waals surface area contributed by atoms with E-state index in [4.69, 9.17) is 0 Å². The Morgan fingerprint density at radius 2 is 1.80 bits per heavy atom. The van der Waals surface area contributed by atoms with Gasteiger partial charge in [0.15, 0.2) is 0 Å². The molecule has 3 aromatic rings. The van der Waals surface area contributed by atoms with Crippen molar-refractivity contribution in [3.05, 3.63) is 83.4 Å². The molecule has 2 N–H and O–H groups in total. The number of carbonyl (C=O) groups is 1. The van der Waals surface area contributed by atoms with Crippen LogP contribution in [-0.4, -0.2) is 20.9 Å². The number of amides is 1. The molecule has 6 nitrogen and oxygen atoms in total. The van der Waals surface area contributed by atoms with Gasteiger partial charge in [-0.1, -0.05) is 30.3 Å². The predicted octanol–water partition coefficient (Wildman–Crippen LogP) is 2.72. The summed E-state index contributed by atoms with van der Waals surface area (Å²) in [4.78, 5) is 24.5. The third-order valence-electron chi connectivity index (χ3n) is 3.79. The Morgan fingerprint density at radius 3 is 2.52 bits per heavy atom. The minimum absolute atomic E-state index is 0.214. The molecule has 2 aromatic heterocycles. The summed E-state index contributed by atoms with van der Waals surface area (Å²) in [5.74, 6) is 0.279. The van der Waals surface area contributed by atoms with Crippen LogP contribution in [0.1, 0.15) is 27.0 Å². The number of anilines is 1. The average Bonchev–Trinajstić information content (AvgIpc) is 2.67.